The first-order valence-corrected chi connectivity index (χ1v) is 15.2. The Bertz CT molecular complexity index is 1530. The number of hydrogen-bond donors (Lipinski definition) is 2. The van der Waals surface area contributed by atoms with Crippen LogP contribution in [-0.4, -0.2) is 41.4 Å². The van der Waals surface area contributed by atoms with Crippen molar-refractivity contribution in [2.75, 3.05) is 16.8 Å². The average molecular weight is 563 g/mol. The molecule has 2 aliphatic heterocycles. The van der Waals surface area contributed by atoms with Crippen LogP contribution in [0.2, 0.25) is 0 Å². The van der Waals surface area contributed by atoms with E-state index in [1.165, 1.54) is 6.07 Å². The van der Waals surface area contributed by atoms with Crippen molar-refractivity contribution < 1.29 is 13.2 Å². The summed E-state index contributed by atoms with van der Waals surface area (Å²) in [5, 5.41) is 3.23. The predicted octanol–water partition coefficient (Wildman–Crippen LogP) is 5.01. The van der Waals surface area contributed by atoms with E-state index < -0.39 is 21.5 Å². The second-order valence-electron chi connectivity index (χ2n) is 12.8. The molecule has 212 valence electrons. The van der Waals surface area contributed by atoms with Crippen molar-refractivity contribution in [3.8, 4) is 0 Å². The van der Waals surface area contributed by atoms with Crippen LogP contribution in [0.25, 0.3) is 0 Å². The lowest BCUT2D eigenvalue weighted by Crippen LogP contribution is -2.41. The molecular weight excluding hydrogens is 524 g/mol. The molecule has 9 nitrogen and oxygen atoms in total. The quantitative estimate of drug-likeness (QED) is 0.425. The molecule has 1 unspecified atom stereocenters. The van der Waals surface area contributed by atoms with E-state index >= 15 is 0 Å². The van der Waals surface area contributed by atoms with Crippen molar-refractivity contribution in [2.24, 2.45) is 5.92 Å². The Hall–Kier alpha value is -3.53. The fraction of sp³-hybridized carbons (Fsp3) is 0.467. The van der Waals surface area contributed by atoms with Crippen LogP contribution in [0.15, 0.2) is 59.8 Å². The van der Waals surface area contributed by atoms with Gasteiger partial charge in [-0.1, -0.05) is 32.9 Å². The second-order valence-corrected chi connectivity index (χ2v) is 14.4. The number of carbonyl (C=O) groups is 1. The lowest BCUT2D eigenvalue weighted by molar-refractivity contribution is 0.0981. The molecule has 40 heavy (non-hydrogen) atoms. The molecule has 0 saturated carbocycles. The van der Waals surface area contributed by atoms with E-state index in [2.05, 4.69) is 66.4 Å². The van der Waals surface area contributed by atoms with Crippen LogP contribution in [0.4, 0.5) is 11.6 Å². The summed E-state index contributed by atoms with van der Waals surface area (Å²) in [6.07, 6.45) is 4.30. The number of nitrogens with zero attached hydrogens (tertiary/aromatic N) is 4. The normalized spacial score (nSPS) is 24.2. The Morgan fingerprint density at radius 1 is 1.00 bits per heavy atom. The molecule has 5 heterocycles. The Kier molecular flexibility index (Phi) is 6.89. The predicted molar refractivity (Wildman–Crippen MR) is 156 cm³/mol. The van der Waals surface area contributed by atoms with Gasteiger partial charge in [-0.15, -0.1) is 0 Å². The fourth-order valence-corrected chi connectivity index (χ4v) is 6.72. The SMILES string of the molecule is CC(C)(C)c1ccc2c(n1)N1C[C@@H](CCC(C)(c3ccccn3)Nc3cccc(n3)S(=O)(=O)NC2=O)CC1(C)C. The minimum Gasteiger partial charge on any atom is -0.359 e. The van der Waals surface area contributed by atoms with E-state index in [4.69, 9.17) is 4.98 Å². The number of hydrogen-bond acceptors (Lipinski definition) is 8. The van der Waals surface area contributed by atoms with Gasteiger partial charge in [-0.2, -0.15) is 8.42 Å². The maximum atomic E-state index is 13.6. The molecule has 3 aromatic rings. The molecule has 3 aromatic heterocycles. The maximum absolute atomic E-state index is 13.6. The first kappa shape index (κ1) is 28.0. The third kappa shape index (κ3) is 5.41. The molecule has 10 heteroatoms. The highest BCUT2D eigenvalue weighted by Crippen LogP contribution is 2.42. The first-order chi connectivity index (χ1) is 18.7. The monoisotopic (exact) mass is 562 g/mol. The number of fused-ring (bicyclic) bond motifs is 6. The van der Waals surface area contributed by atoms with Gasteiger partial charge in [-0.25, -0.2) is 14.7 Å². The van der Waals surface area contributed by atoms with Crippen LogP contribution in [-0.2, 0) is 21.0 Å². The van der Waals surface area contributed by atoms with Gasteiger partial charge in [0.1, 0.15) is 11.6 Å². The van der Waals surface area contributed by atoms with Crippen LogP contribution in [0.5, 0.6) is 0 Å². The maximum Gasteiger partial charge on any atom is 0.281 e. The van der Waals surface area contributed by atoms with Gasteiger partial charge in [0.25, 0.3) is 15.9 Å². The van der Waals surface area contributed by atoms with Crippen LogP contribution in [0.3, 0.4) is 0 Å². The zero-order valence-corrected chi connectivity index (χ0v) is 24.8. The Labute approximate surface area is 236 Å². The summed E-state index contributed by atoms with van der Waals surface area (Å²) in [5.74, 6) is 0.498. The molecule has 2 atom stereocenters. The molecule has 1 amide bonds. The number of amides is 1. The minimum absolute atomic E-state index is 0.229. The number of carbonyl (C=O) groups excluding carboxylic acids is 1. The first-order valence-electron chi connectivity index (χ1n) is 13.7. The summed E-state index contributed by atoms with van der Waals surface area (Å²) in [7, 11) is -4.27. The van der Waals surface area contributed by atoms with Crippen LogP contribution < -0.4 is 14.9 Å². The Morgan fingerprint density at radius 2 is 1.77 bits per heavy atom. The van der Waals surface area contributed by atoms with E-state index in [0.29, 0.717) is 24.1 Å². The topological polar surface area (TPSA) is 117 Å². The van der Waals surface area contributed by atoms with Gasteiger partial charge in [0, 0.05) is 29.4 Å². The fourth-order valence-electron chi connectivity index (χ4n) is 5.78. The van der Waals surface area contributed by atoms with Crippen molar-refractivity contribution in [1.82, 2.24) is 19.7 Å². The molecule has 4 bridgehead atoms. The summed E-state index contributed by atoms with van der Waals surface area (Å²) in [5.41, 5.74) is 0.762. The number of anilines is 2. The third-order valence-electron chi connectivity index (χ3n) is 8.02. The average Bonchev–Trinajstić information content (AvgIpc) is 3.20. The summed E-state index contributed by atoms with van der Waals surface area (Å²) >= 11 is 0. The third-order valence-corrected chi connectivity index (χ3v) is 9.25. The molecule has 2 aliphatic rings. The Balaban J connectivity index is 1.66. The molecule has 0 aromatic carbocycles. The van der Waals surface area contributed by atoms with Crippen molar-refractivity contribution in [2.45, 2.75) is 82.3 Å². The number of sulfonamides is 1. The zero-order chi connectivity index (χ0) is 28.9. The molecular formula is C30H38N6O3S. The van der Waals surface area contributed by atoms with Gasteiger partial charge in [-0.3, -0.25) is 9.78 Å². The molecule has 0 spiro atoms. The number of pyridine rings is 3. The van der Waals surface area contributed by atoms with Gasteiger partial charge in [0.15, 0.2) is 5.03 Å². The van der Waals surface area contributed by atoms with E-state index in [0.717, 1.165) is 30.7 Å². The minimum atomic E-state index is -4.27. The highest BCUT2D eigenvalue weighted by Gasteiger charge is 2.42. The highest BCUT2D eigenvalue weighted by molar-refractivity contribution is 7.90. The molecule has 0 radical (unpaired) electrons. The van der Waals surface area contributed by atoms with Gasteiger partial charge in [0.05, 0.1) is 16.8 Å². The van der Waals surface area contributed by atoms with Crippen LogP contribution in [0, 0.1) is 5.92 Å². The largest absolute Gasteiger partial charge is 0.359 e. The standard InChI is InChI=1S/C30H38N6O3S/c1-28(2,3)22-14-13-21-26(32-22)36-19-20(18-29(36,4)5)15-16-30(6,23-10-7-8-17-31-23)34-24-11-9-12-25(33-24)40(38,39)35-27(21)37/h7-14,17,20H,15-16,18-19H2,1-6H3,(H,33,34)(H,35,37)/t20-,30?/m0/s1. The van der Waals surface area contributed by atoms with Crippen molar-refractivity contribution >= 4 is 27.6 Å². The number of aromatic nitrogens is 3. The van der Waals surface area contributed by atoms with Crippen molar-refractivity contribution in [3.05, 3.63) is 71.7 Å². The van der Waals surface area contributed by atoms with Gasteiger partial charge in [0.2, 0.25) is 0 Å². The summed E-state index contributed by atoms with van der Waals surface area (Å²) in [6, 6.07) is 14.0. The molecule has 1 saturated heterocycles. The number of rotatable bonds is 1. The summed E-state index contributed by atoms with van der Waals surface area (Å²) in [4.78, 5) is 29.8. The van der Waals surface area contributed by atoms with Gasteiger partial charge < -0.3 is 10.2 Å². The molecule has 2 N–H and O–H groups in total. The lowest BCUT2D eigenvalue weighted by Gasteiger charge is -2.34. The van der Waals surface area contributed by atoms with Crippen molar-refractivity contribution in [1.29, 1.82) is 0 Å². The smallest absolute Gasteiger partial charge is 0.281 e. The molecule has 1 fully saturated rings. The van der Waals surface area contributed by atoms with Gasteiger partial charge in [-0.05, 0) is 82.3 Å². The lowest BCUT2D eigenvalue weighted by atomic mass is 9.85. The van der Waals surface area contributed by atoms with Crippen LogP contribution >= 0.6 is 0 Å². The van der Waals surface area contributed by atoms with E-state index in [1.54, 1.807) is 30.5 Å². The molecule has 0 aliphatic carbocycles. The van der Waals surface area contributed by atoms with E-state index in [1.807, 2.05) is 18.2 Å². The number of nitrogens with one attached hydrogen (secondary N) is 2. The van der Waals surface area contributed by atoms with Crippen molar-refractivity contribution in [3.63, 3.8) is 0 Å². The zero-order valence-electron chi connectivity index (χ0n) is 24.0. The highest BCUT2D eigenvalue weighted by atomic mass is 32.2. The van der Waals surface area contributed by atoms with E-state index in [-0.39, 0.29) is 21.5 Å². The summed E-state index contributed by atoms with van der Waals surface area (Å²) < 4.78 is 29.0. The van der Waals surface area contributed by atoms with E-state index in [9.17, 15) is 13.2 Å². The second kappa shape index (κ2) is 9.83. The Morgan fingerprint density at radius 3 is 2.48 bits per heavy atom. The molecule has 5 rings (SSSR count). The van der Waals surface area contributed by atoms with Crippen LogP contribution in [0.1, 0.15) is 82.6 Å². The summed E-state index contributed by atoms with van der Waals surface area (Å²) in [6.45, 7) is 13.3. The van der Waals surface area contributed by atoms with Gasteiger partial charge >= 0.3 is 0 Å².